The normalized spacial score (nSPS) is 10.1. The molecule has 182 valence electrons. The average Bonchev–Trinajstić information content (AvgIpc) is 2.74. The van der Waals surface area contributed by atoms with Crippen LogP contribution >= 0.6 is 15.8 Å². The number of hydrogen-bond acceptors (Lipinski definition) is 0. The third kappa shape index (κ3) is 33.9. The molecule has 29 heavy (non-hydrogen) atoms. The predicted molar refractivity (Wildman–Crippen MR) is 144 cm³/mol. The molecule has 0 saturated carbocycles. The van der Waals surface area contributed by atoms with E-state index < -0.39 is 0 Å². The van der Waals surface area contributed by atoms with Gasteiger partial charge in [0.2, 0.25) is 0 Å². The molecule has 3 heteroatoms. The maximum absolute atomic E-state index is 3.00. The minimum absolute atomic E-state index is 0. The largest absolute Gasteiger partial charge is 0.107 e. The van der Waals surface area contributed by atoms with E-state index in [1.807, 2.05) is 0 Å². The van der Waals surface area contributed by atoms with Gasteiger partial charge in [0.15, 0.2) is 0 Å². The van der Waals surface area contributed by atoms with E-state index in [1.54, 1.807) is 37.0 Å². The first-order valence-electron chi connectivity index (χ1n) is 12.6. The van der Waals surface area contributed by atoms with Gasteiger partial charge in [0, 0.05) is 16.5 Å². The summed E-state index contributed by atoms with van der Waals surface area (Å²) in [7, 11) is 0.843. The zero-order valence-corrected chi connectivity index (χ0v) is 24.1. The maximum atomic E-state index is 3.00. The summed E-state index contributed by atoms with van der Waals surface area (Å²) in [5.41, 5.74) is 0. The van der Waals surface area contributed by atoms with Crippen molar-refractivity contribution in [2.75, 3.05) is 37.0 Å². The van der Waals surface area contributed by atoms with Crippen LogP contribution in [0.25, 0.3) is 0 Å². The molecule has 0 fully saturated rings. The summed E-state index contributed by atoms with van der Waals surface area (Å²) in [6.45, 7) is 19.9. The monoisotopic (exact) mass is 490 g/mol. The smallest absolute Gasteiger partial charge is 0 e. The van der Waals surface area contributed by atoms with Gasteiger partial charge in [-0.15, -0.1) is 29.0 Å². The molecular formula is C26H58NiP2. The molecule has 0 heterocycles. The van der Waals surface area contributed by atoms with Crippen molar-refractivity contribution in [1.82, 2.24) is 0 Å². The molecule has 0 aromatic heterocycles. The van der Waals surface area contributed by atoms with E-state index in [9.17, 15) is 0 Å². The molecule has 0 rings (SSSR count). The Morgan fingerprint density at radius 3 is 0.621 bits per heavy atom. The third-order valence-corrected chi connectivity index (χ3v) is 10.7. The first-order chi connectivity index (χ1) is 13.7. The SMILES string of the molecule is C=C.CCCCP(CCCC)CCCC.CCCCP(CCCC)CCCC.[Ni]. The van der Waals surface area contributed by atoms with Gasteiger partial charge in [-0.2, -0.15) is 0 Å². The van der Waals surface area contributed by atoms with Gasteiger partial charge in [0.25, 0.3) is 0 Å². The first-order valence-corrected chi connectivity index (χ1v) is 16.4. The zero-order chi connectivity index (χ0) is 21.9. The second-order valence-corrected chi connectivity index (χ2v) is 13.2. The molecule has 0 aliphatic carbocycles. The topological polar surface area (TPSA) is 0 Å². The number of unbranched alkanes of at least 4 members (excludes halogenated alkanes) is 6. The van der Waals surface area contributed by atoms with Crippen LogP contribution in [0.15, 0.2) is 13.2 Å². The summed E-state index contributed by atoms with van der Waals surface area (Å²) in [6.07, 6.45) is 26.4. The fraction of sp³-hybridized carbons (Fsp3) is 0.923. The van der Waals surface area contributed by atoms with Crippen LogP contribution < -0.4 is 0 Å². The Morgan fingerprint density at radius 1 is 0.379 bits per heavy atom. The summed E-state index contributed by atoms with van der Waals surface area (Å²) < 4.78 is 0. The third-order valence-electron chi connectivity index (χ3n) is 4.97. The van der Waals surface area contributed by atoms with Crippen LogP contribution in [0.1, 0.15) is 119 Å². The maximum Gasteiger partial charge on any atom is 0 e. The van der Waals surface area contributed by atoms with E-state index in [0.29, 0.717) is 15.8 Å². The molecule has 0 aromatic carbocycles. The van der Waals surface area contributed by atoms with Crippen LogP contribution in [0.2, 0.25) is 0 Å². The summed E-state index contributed by atoms with van der Waals surface area (Å²) >= 11 is 0. The van der Waals surface area contributed by atoms with Crippen molar-refractivity contribution in [1.29, 1.82) is 0 Å². The van der Waals surface area contributed by atoms with Crippen LogP contribution in [0.3, 0.4) is 0 Å². The molecule has 0 radical (unpaired) electrons. The Hall–Kier alpha value is 1.09. The van der Waals surface area contributed by atoms with Gasteiger partial charge in [-0.1, -0.05) is 80.1 Å². The van der Waals surface area contributed by atoms with Crippen molar-refractivity contribution < 1.29 is 16.5 Å². The molecule has 0 N–H and O–H groups in total. The fourth-order valence-electron chi connectivity index (χ4n) is 2.96. The van der Waals surface area contributed by atoms with Crippen molar-refractivity contribution in [3.63, 3.8) is 0 Å². The van der Waals surface area contributed by atoms with E-state index in [2.05, 4.69) is 54.7 Å². The van der Waals surface area contributed by atoms with Gasteiger partial charge in [0.1, 0.15) is 0 Å². The summed E-state index contributed by atoms with van der Waals surface area (Å²) in [5.74, 6) is 0. The van der Waals surface area contributed by atoms with Gasteiger partial charge in [-0.3, -0.25) is 0 Å². The Kier molecular flexibility index (Phi) is 47.0. The fourth-order valence-corrected chi connectivity index (χ4v) is 8.88. The first kappa shape index (κ1) is 37.4. The van der Waals surface area contributed by atoms with E-state index in [4.69, 9.17) is 0 Å². The van der Waals surface area contributed by atoms with E-state index in [-0.39, 0.29) is 16.5 Å². The van der Waals surface area contributed by atoms with Crippen LogP contribution in [0, 0.1) is 0 Å². The molecule has 0 aromatic rings. The van der Waals surface area contributed by atoms with Gasteiger partial charge >= 0.3 is 0 Å². The molecule has 0 nitrogen and oxygen atoms in total. The standard InChI is InChI=1S/2C12H27P.C2H4.Ni/c2*1-4-7-10-13(11-8-5-2)12-9-6-3;1-2;/h2*4-12H2,1-3H3;1-2H2;. The molecule has 0 unspecified atom stereocenters. The Morgan fingerprint density at radius 2 is 0.517 bits per heavy atom. The molecule has 0 saturated heterocycles. The minimum atomic E-state index is 0. The molecular weight excluding hydrogens is 433 g/mol. The Labute approximate surface area is 200 Å². The van der Waals surface area contributed by atoms with Crippen molar-refractivity contribution >= 4 is 15.8 Å². The van der Waals surface area contributed by atoms with Crippen LogP contribution in [-0.4, -0.2) is 37.0 Å². The van der Waals surface area contributed by atoms with E-state index in [1.165, 1.54) is 77.0 Å². The summed E-state index contributed by atoms with van der Waals surface area (Å²) in [4.78, 5) is 0. The van der Waals surface area contributed by atoms with Gasteiger partial charge in [-0.05, 0) is 75.5 Å². The number of hydrogen-bond donors (Lipinski definition) is 0. The van der Waals surface area contributed by atoms with Crippen LogP contribution in [0.4, 0.5) is 0 Å². The molecule has 0 amide bonds. The molecule has 0 atom stereocenters. The quantitative estimate of drug-likeness (QED) is 0.102. The summed E-state index contributed by atoms with van der Waals surface area (Å²) in [6, 6.07) is 0. The molecule has 0 aliphatic rings. The Balaban J connectivity index is -0.000000192. The molecule has 0 aliphatic heterocycles. The Bertz CT molecular complexity index is 187. The van der Waals surface area contributed by atoms with Crippen LogP contribution in [-0.2, 0) is 16.5 Å². The molecule has 0 bridgehead atoms. The minimum Gasteiger partial charge on any atom is -0.107 e. The second-order valence-electron chi connectivity index (χ2n) is 7.80. The van der Waals surface area contributed by atoms with E-state index in [0.717, 1.165) is 0 Å². The van der Waals surface area contributed by atoms with Crippen LogP contribution in [0.5, 0.6) is 0 Å². The van der Waals surface area contributed by atoms with Gasteiger partial charge < -0.3 is 0 Å². The second kappa shape index (κ2) is 36.5. The van der Waals surface area contributed by atoms with Crippen molar-refractivity contribution in [2.45, 2.75) is 119 Å². The zero-order valence-electron chi connectivity index (χ0n) is 21.4. The summed E-state index contributed by atoms with van der Waals surface area (Å²) in [5, 5.41) is 0. The average molecular weight is 491 g/mol. The van der Waals surface area contributed by atoms with Crippen molar-refractivity contribution in [3.8, 4) is 0 Å². The van der Waals surface area contributed by atoms with Gasteiger partial charge in [0.05, 0.1) is 0 Å². The van der Waals surface area contributed by atoms with Crippen molar-refractivity contribution in [3.05, 3.63) is 13.2 Å². The number of rotatable bonds is 18. The molecule has 0 spiro atoms. The van der Waals surface area contributed by atoms with E-state index >= 15 is 0 Å². The van der Waals surface area contributed by atoms with Gasteiger partial charge in [-0.25, -0.2) is 0 Å². The predicted octanol–water partition coefficient (Wildman–Crippen LogP) is 10.5. The van der Waals surface area contributed by atoms with Crippen molar-refractivity contribution in [2.24, 2.45) is 0 Å².